The van der Waals surface area contributed by atoms with Crippen molar-refractivity contribution in [2.24, 2.45) is 5.73 Å². The highest BCUT2D eigenvalue weighted by Gasteiger charge is 2.17. The second-order valence-electron chi connectivity index (χ2n) is 5.27. The molecule has 0 amide bonds. The minimum atomic E-state index is -0.289. The van der Waals surface area contributed by atoms with E-state index in [9.17, 15) is 4.39 Å². The number of hydrogen-bond donors (Lipinski definition) is 1. The van der Waals surface area contributed by atoms with Gasteiger partial charge in [-0.25, -0.2) is 4.39 Å². The standard InChI is InChI=1S/C15H18FN3/c16-13-5-11(6-18-7-13)8-19-9-12-3-1-2-4-15(17)14(12)10-19/h5-7,9-10,15H,1-4,8,17H2. The van der Waals surface area contributed by atoms with Crippen LogP contribution in [0.3, 0.4) is 0 Å². The van der Waals surface area contributed by atoms with Gasteiger partial charge in [-0.15, -0.1) is 0 Å². The first-order valence-electron chi connectivity index (χ1n) is 6.76. The van der Waals surface area contributed by atoms with Crippen molar-refractivity contribution in [2.75, 3.05) is 0 Å². The number of fused-ring (bicyclic) bond motifs is 1. The molecule has 0 fully saturated rings. The Morgan fingerprint density at radius 2 is 2.21 bits per heavy atom. The fourth-order valence-corrected chi connectivity index (χ4v) is 2.80. The molecule has 2 aromatic rings. The van der Waals surface area contributed by atoms with Gasteiger partial charge in [-0.3, -0.25) is 4.98 Å². The molecule has 0 radical (unpaired) electrons. The highest BCUT2D eigenvalue weighted by molar-refractivity contribution is 5.29. The SMILES string of the molecule is NC1CCCCc2cn(Cc3cncc(F)c3)cc21. The molecule has 100 valence electrons. The van der Waals surface area contributed by atoms with Gasteiger partial charge >= 0.3 is 0 Å². The van der Waals surface area contributed by atoms with E-state index in [1.54, 1.807) is 6.20 Å². The van der Waals surface area contributed by atoms with Gasteiger partial charge in [0.1, 0.15) is 5.82 Å². The van der Waals surface area contributed by atoms with Crippen LogP contribution in [0.15, 0.2) is 30.9 Å². The third kappa shape index (κ3) is 2.68. The summed E-state index contributed by atoms with van der Waals surface area (Å²) in [5.41, 5.74) is 9.66. The zero-order valence-corrected chi connectivity index (χ0v) is 10.8. The number of rotatable bonds is 2. The zero-order chi connectivity index (χ0) is 13.2. The van der Waals surface area contributed by atoms with Gasteiger partial charge in [0, 0.05) is 31.2 Å². The number of pyridine rings is 1. The molecule has 0 saturated heterocycles. The van der Waals surface area contributed by atoms with Gasteiger partial charge in [-0.2, -0.15) is 0 Å². The van der Waals surface area contributed by atoms with Gasteiger partial charge in [0.2, 0.25) is 0 Å². The molecule has 0 spiro atoms. The molecule has 19 heavy (non-hydrogen) atoms. The minimum absolute atomic E-state index is 0.143. The quantitative estimate of drug-likeness (QED) is 0.843. The molecule has 2 heterocycles. The summed E-state index contributed by atoms with van der Waals surface area (Å²) in [6, 6.07) is 1.67. The Morgan fingerprint density at radius 3 is 3.05 bits per heavy atom. The molecule has 2 N–H and O–H groups in total. The average Bonchev–Trinajstić information content (AvgIpc) is 2.70. The number of aryl methyl sites for hydroxylation is 1. The lowest BCUT2D eigenvalue weighted by molar-refractivity contribution is 0.607. The lowest BCUT2D eigenvalue weighted by Crippen LogP contribution is -2.09. The number of nitrogens with two attached hydrogens (primary N) is 1. The minimum Gasteiger partial charge on any atom is -0.349 e. The largest absolute Gasteiger partial charge is 0.349 e. The summed E-state index contributed by atoms with van der Waals surface area (Å²) in [6.45, 7) is 0.643. The molecule has 0 aromatic carbocycles. The van der Waals surface area contributed by atoms with Crippen LogP contribution in [0.1, 0.15) is 42.0 Å². The van der Waals surface area contributed by atoms with Gasteiger partial charge in [-0.1, -0.05) is 6.42 Å². The first-order valence-corrected chi connectivity index (χ1v) is 6.76. The maximum atomic E-state index is 13.1. The highest BCUT2D eigenvalue weighted by atomic mass is 19.1. The zero-order valence-electron chi connectivity index (χ0n) is 10.8. The topological polar surface area (TPSA) is 43.8 Å². The second kappa shape index (κ2) is 5.13. The predicted molar refractivity (Wildman–Crippen MR) is 72.2 cm³/mol. The highest BCUT2D eigenvalue weighted by Crippen LogP contribution is 2.27. The van der Waals surface area contributed by atoms with E-state index >= 15 is 0 Å². The van der Waals surface area contributed by atoms with Crippen LogP contribution in [-0.4, -0.2) is 9.55 Å². The summed E-state index contributed by atoms with van der Waals surface area (Å²) in [6.07, 6.45) is 11.7. The van der Waals surface area contributed by atoms with Gasteiger partial charge in [0.05, 0.1) is 6.20 Å². The summed E-state index contributed by atoms with van der Waals surface area (Å²) in [7, 11) is 0. The lowest BCUT2D eigenvalue weighted by Gasteiger charge is -2.07. The van der Waals surface area contributed by atoms with Crippen molar-refractivity contribution in [2.45, 2.75) is 38.3 Å². The Hall–Kier alpha value is -1.68. The van der Waals surface area contributed by atoms with E-state index in [2.05, 4.69) is 21.9 Å². The smallest absolute Gasteiger partial charge is 0.141 e. The summed E-state index contributed by atoms with van der Waals surface area (Å²) >= 11 is 0. The van der Waals surface area contributed by atoms with E-state index in [4.69, 9.17) is 5.73 Å². The summed E-state index contributed by atoms with van der Waals surface area (Å²) < 4.78 is 15.2. The van der Waals surface area contributed by atoms with Gasteiger partial charge in [0.15, 0.2) is 0 Å². The molecule has 1 atom stereocenters. The average molecular weight is 259 g/mol. The molecule has 4 heteroatoms. The molecule has 3 rings (SSSR count). The van der Waals surface area contributed by atoms with E-state index in [1.807, 2.05) is 0 Å². The Bertz CT molecular complexity index is 577. The number of aromatic nitrogens is 2. The van der Waals surface area contributed by atoms with E-state index < -0.39 is 0 Å². The molecule has 1 aliphatic carbocycles. The third-order valence-corrected chi connectivity index (χ3v) is 3.73. The Morgan fingerprint density at radius 1 is 1.32 bits per heavy atom. The van der Waals surface area contributed by atoms with Crippen LogP contribution in [0, 0.1) is 5.82 Å². The van der Waals surface area contributed by atoms with Crippen LogP contribution in [0.25, 0.3) is 0 Å². The normalized spacial score (nSPS) is 18.9. The van der Waals surface area contributed by atoms with E-state index in [-0.39, 0.29) is 11.9 Å². The molecule has 0 bridgehead atoms. The summed E-state index contributed by atoms with van der Waals surface area (Å²) in [5.74, 6) is -0.289. The van der Waals surface area contributed by atoms with Crippen LogP contribution in [0.5, 0.6) is 0 Å². The number of halogens is 1. The van der Waals surface area contributed by atoms with Crippen LogP contribution in [-0.2, 0) is 13.0 Å². The molecule has 2 aromatic heterocycles. The van der Waals surface area contributed by atoms with Crippen molar-refractivity contribution < 1.29 is 4.39 Å². The van der Waals surface area contributed by atoms with Crippen molar-refractivity contribution >= 4 is 0 Å². The number of hydrogen-bond acceptors (Lipinski definition) is 2. The van der Waals surface area contributed by atoms with Crippen LogP contribution < -0.4 is 5.73 Å². The first-order chi connectivity index (χ1) is 9.22. The Balaban J connectivity index is 1.85. The maximum absolute atomic E-state index is 13.1. The third-order valence-electron chi connectivity index (χ3n) is 3.73. The van der Waals surface area contributed by atoms with Crippen molar-refractivity contribution in [1.82, 2.24) is 9.55 Å². The van der Waals surface area contributed by atoms with Crippen molar-refractivity contribution in [3.05, 3.63) is 53.4 Å². The second-order valence-corrected chi connectivity index (χ2v) is 5.27. The molecule has 3 nitrogen and oxygen atoms in total. The summed E-state index contributed by atoms with van der Waals surface area (Å²) in [5, 5.41) is 0. The first kappa shape index (κ1) is 12.4. The van der Waals surface area contributed by atoms with Crippen LogP contribution >= 0.6 is 0 Å². The molecule has 0 saturated carbocycles. The van der Waals surface area contributed by atoms with Gasteiger partial charge in [0.25, 0.3) is 0 Å². The van der Waals surface area contributed by atoms with Crippen molar-refractivity contribution in [3.63, 3.8) is 0 Å². The van der Waals surface area contributed by atoms with E-state index in [0.29, 0.717) is 6.54 Å². The molecular weight excluding hydrogens is 241 g/mol. The Labute approximate surface area is 112 Å². The summed E-state index contributed by atoms with van der Waals surface area (Å²) in [4.78, 5) is 3.88. The Kier molecular flexibility index (Phi) is 3.34. The maximum Gasteiger partial charge on any atom is 0.141 e. The predicted octanol–water partition coefficient (Wildman–Crippen LogP) is 2.80. The fourth-order valence-electron chi connectivity index (χ4n) is 2.80. The molecule has 0 aliphatic heterocycles. The monoisotopic (exact) mass is 259 g/mol. The van der Waals surface area contributed by atoms with Crippen LogP contribution in [0.2, 0.25) is 0 Å². The van der Waals surface area contributed by atoms with E-state index in [0.717, 1.165) is 18.4 Å². The van der Waals surface area contributed by atoms with Crippen molar-refractivity contribution in [3.8, 4) is 0 Å². The number of nitrogens with zero attached hydrogens (tertiary/aromatic N) is 2. The molecule has 1 unspecified atom stereocenters. The fraction of sp³-hybridized carbons (Fsp3) is 0.400. The van der Waals surface area contributed by atoms with Gasteiger partial charge < -0.3 is 10.3 Å². The van der Waals surface area contributed by atoms with Crippen LogP contribution in [0.4, 0.5) is 4.39 Å². The molecule has 1 aliphatic rings. The van der Waals surface area contributed by atoms with E-state index in [1.165, 1.54) is 36.2 Å². The van der Waals surface area contributed by atoms with Gasteiger partial charge in [-0.05, 0) is 42.0 Å². The lowest BCUT2D eigenvalue weighted by atomic mass is 10.1. The van der Waals surface area contributed by atoms with Crippen molar-refractivity contribution in [1.29, 1.82) is 0 Å². The molecular formula is C15H18FN3.